The number of aliphatic hydroxyl groups is 1. The first-order chi connectivity index (χ1) is 8.73. The predicted octanol–water partition coefficient (Wildman–Crippen LogP) is 2.19. The fourth-order valence-corrected chi connectivity index (χ4v) is 2.49. The molecule has 0 atom stereocenters. The summed E-state index contributed by atoms with van der Waals surface area (Å²) >= 11 is 0. The maximum Gasteiger partial charge on any atom is 0.137 e. The molecule has 2 N–H and O–H groups in total. The Balaban J connectivity index is 2.06. The molecule has 0 spiro atoms. The Morgan fingerprint density at radius 3 is 2.78 bits per heavy atom. The minimum absolute atomic E-state index is 0.142. The number of hydrogen-bond acceptors (Lipinski definition) is 3. The quantitative estimate of drug-likeness (QED) is 0.868. The molecule has 4 nitrogen and oxygen atoms in total. The lowest BCUT2D eigenvalue weighted by atomic mass is 9.68. The van der Waals surface area contributed by atoms with Crippen molar-refractivity contribution in [2.75, 3.05) is 6.61 Å². The summed E-state index contributed by atoms with van der Waals surface area (Å²) in [5.74, 6) is 0.799. The van der Waals surface area contributed by atoms with E-state index in [2.05, 4.69) is 15.0 Å². The monoisotopic (exact) mass is 243 g/mol. The van der Waals surface area contributed by atoms with Gasteiger partial charge in [0.05, 0.1) is 17.7 Å². The third kappa shape index (κ3) is 1.73. The fraction of sp³-hybridized carbons (Fsp3) is 0.429. The molecule has 1 saturated carbocycles. The molecule has 0 amide bonds. The topological polar surface area (TPSA) is 61.8 Å². The van der Waals surface area contributed by atoms with Crippen LogP contribution in [-0.2, 0) is 5.41 Å². The van der Waals surface area contributed by atoms with Crippen molar-refractivity contribution >= 4 is 0 Å². The molecule has 2 aromatic rings. The molecule has 0 aromatic carbocycles. The van der Waals surface area contributed by atoms with Crippen molar-refractivity contribution in [2.45, 2.75) is 31.6 Å². The Hall–Kier alpha value is -1.68. The van der Waals surface area contributed by atoms with E-state index >= 15 is 0 Å². The lowest BCUT2D eigenvalue weighted by Gasteiger charge is -2.38. The summed E-state index contributed by atoms with van der Waals surface area (Å²) < 4.78 is 0. The number of nitrogens with one attached hydrogen (secondary N) is 1. The average molecular weight is 243 g/mol. The van der Waals surface area contributed by atoms with Crippen LogP contribution in [0, 0.1) is 6.92 Å². The van der Waals surface area contributed by atoms with Gasteiger partial charge in [0, 0.05) is 23.7 Å². The normalized spacial score (nSPS) is 17.4. The summed E-state index contributed by atoms with van der Waals surface area (Å²) in [4.78, 5) is 12.2. The number of hydrogen-bond donors (Lipinski definition) is 2. The smallest absolute Gasteiger partial charge is 0.137 e. The highest BCUT2D eigenvalue weighted by Crippen LogP contribution is 2.42. The van der Waals surface area contributed by atoms with E-state index in [1.54, 1.807) is 0 Å². The molecule has 1 aliphatic rings. The number of rotatable bonds is 3. The molecule has 1 fully saturated rings. The van der Waals surface area contributed by atoms with Crippen molar-refractivity contribution in [1.29, 1.82) is 0 Å². The van der Waals surface area contributed by atoms with Gasteiger partial charge in [0.1, 0.15) is 5.82 Å². The molecule has 18 heavy (non-hydrogen) atoms. The van der Waals surface area contributed by atoms with Crippen molar-refractivity contribution in [3.05, 3.63) is 36.0 Å². The Labute approximate surface area is 106 Å². The van der Waals surface area contributed by atoms with Gasteiger partial charge in [-0.25, -0.2) is 9.97 Å². The van der Waals surface area contributed by atoms with E-state index in [-0.39, 0.29) is 12.0 Å². The Bertz CT molecular complexity index is 539. The van der Waals surface area contributed by atoms with E-state index in [9.17, 15) is 5.11 Å². The summed E-state index contributed by atoms with van der Waals surface area (Å²) in [6.45, 7) is 2.12. The van der Waals surface area contributed by atoms with Crippen LogP contribution in [0.2, 0.25) is 0 Å². The molecule has 0 saturated heterocycles. The minimum atomic E-state index is -0.197. The molecule has 94 valence electrons. The molecule has 0 radical (unpaired) electrons. The molecule has 2 heterocycles. The largest absolute Gasteiger partial charge is 0.395 e. The number of aryl methyl sites for hydroxylation is 1. The van der Waals surface area contributed by atoms with E-state index in [0.717, 1.165) is 42.0 Å². The average Bonchev–Trinajstić information content (AvgIpc) is 2.81. The highest BCUT2D eigenvalue weighted by Gasteiger charge is 2.41. The second-order valence-electron chi connectivity index (χ2n) is 5.11. The van der Waals surface area contributed by atoms with Gasteiger partial charge in [0.2, 0.25) is 0 Å². The van der Waals surface area contributed by atoms with Crippen molar-refractivity contribution < 1.29 is 5.11 Å². The van der Waals surface area contributed by atoms with Gasteiger partial charge in [0.15, 0.2) is 0 Å². The van der Waals surface area contributed by atoms with E-state index < -0.39 is 0 Å². The van der Waals surface area contributed by atoms with Crippen LogP contribution in [0.25, 0.3) is 11.3 Å². The van der Waals surface area contributed by atoms with Crippen LogP contribution < -0.4 is 0 Å². The second-order valence-corrected chi connectivity index (χ2v) is 5.11. The summed E-state index contributed by atoms with van der Waals surface area (Å²) in [6, 6.07) is 3.98. The zero-order valence-electron chi connectivity index (χ0n) is 10.5. The SMILES string of the molecule is Cc1cc(-c2cc[nH]c2)nc(C2(CO)CCC2)n1. The summed E-state index contributed by atoms with van der Waals surface area (Å²) in [6.07, 6.45) is 6.94. The van der Waals surface area contributed by atoms with Crippen molar-refractivity contribution in [3.63, 3.8) is 0 Å². The molecular formula is C14H17N3O. The standard InChI is InChI=1S/C14H17N3O/c1-10-7-12(11-3-6-15-8-11)17-13(16-10)14(9-18)4-2-5-14/h3,6-8,15,18H,2,4-5,9H2,1H3. The van der Waals surface area contributed by atoms with Crippen LogP contribution >= 0.6 is 0 Å². The summed E-state index contributed by atoms with van der Waals surface area (Å²) in [5, 5.41) is 9.62. The van der Waals surface area contributed by atoms with Crippen LogP contribution in [0.3, 0.4) is 0 Å². The Morgan fingerprint density at radius 2 is 2.22 bits per heavy atom. The van der Waals surface area contributed by atoms with Gasteiger partial charge >= 0.3 is 0 Å². The van der Waals surface area contributed by atoms with Crippen LogP contribution in [0.1, 0.15) is 30.8 Å². The van der Waals surface area contributed by atoms with E-state index in [0.29, 0.717) is 0 Å². The first-order valence-electron chi connectivity index (χ1n) is 6.34. The van der Waals surface area contributed by atoms with Gasteiger partial charge < -0.3 is 10.1 Å². The molecule has 0 bridgehead atoms. The number of H-pyrrole nitrogens is 1. The first kappa shape index (κ1) is 11.4. The van der Waals surface area contributed by atoms with E-state index in [1.165, 1.54) is 0 Å². The van der Waals surface area contributed by atoms with Crippen LogP contribution in [0.5, 0.6) is 0 Å². The minimum Gasteiger partial charge on any atom is -0.395 e. The highest BCUT2D eigenvalue weighted by atomic mass is 16.3. The van der Waals surface area contributed by atoms with Gasteiger partial charge in [-0.05, 0) is 31.9 Å². The van der Waals surface area contributed by atoms with Crippen molar-refractivity contribution in [2.24, 2.45) is 0 Å². The van der Waals surface area contributed by atoms with E-state index in [4.69, 9.17) is 0 Å². The zero-order chi connectivity index (χ0) is 12.6. The third-order valence-corrected chi connectivity index (χ3v) is 3.84. The lowest BCUT2D eigenvalue weighted by molar-refractivity contribution is 0.112. The molecular weight excluding hydrogens is 226 g/mol. The molecule has 4 heteroatoms. The van der Waals surface area contributed by atoms with Crippen LogP contribution in [0.4, 0.5) is 0 Å². The zero-order valence-corrected chi connectivity index (χ0v) is 10.5. The van der Waals surface area contributed by atoms with Gasteiger partial charge in [-0.3, -0.25) is 0 Å². The molecule has 3 rings (SSSR count). The Morgan fingerprint density at radius 1 is 1.39 bits per heavy atom. The van der Waals surface area contributed by atoms with Gasteiger partial charge in [-0.2, -0.15) is 0 Å². The fourth-order valence-electron chi connectivity index (χ4n) is 2.49. The highest BCUT2D eigenvalue weighted by molar-refractivity contribution is 5.58. The summed E-state index contributed by atoms with van der Waals surface area (Å²) in [7, 11) is 0. The van der Waals surface area contributed by atoms with Crippen LogP contribution in [0.15, 0.2) is 24.5 Å². The molecule has 2 aromatic heterocycles. The second kappa shape index (κ2) is 4.21. The number of aromatic amines is 1. The van der Waals surface area contributed by atoms with Crippen molar-refractivity contribution in [3.8, 4) is 11.3 Å². The van der Waals surface area contributed by atoms with Gasteiger partial charge in [-0.1, -0.05) is 6.42 Å². The summed E-state index contributed by atoms with van der Waals surface area (Å²) in [5.41, 5.74) is 2.75. The van der Waals surface area contributed by atoms with Gasteiger partial charge in [0.25, 0.3) is 0 Å². The third-order valence-electron chi connectivity index (χ3n) is 3.84. The number of aliphatic hydroxyl groups excluding tert-OH is 1. The van der Waals surface area contributed by atoms with E-state index in [1.807, 2.05) is 31.5 Å². The molecule has 0 aliphatic heterocycles. The maximum absolute atomic E-state index is 9.62. The van der Waals surface area contributed by atoms with Crippen LogP contribution in [-0.4, -0.2) is 26.7 Å². The predicted molar refractivity (Wildman–Crippen MR) is 69.2 cm³/mol. The van der Waals surface area contributed by atoms with Crippen molar-refractivity contribution in [1.82, 2.24) is 15.0 Å². The lowest BCUT2D eigenvalue weighted by Crippen LogP contribution is -2.40. The first-order valence-corrected chi connectivity index (χ1v) is 6.34. The number of nitrogens with zero attached hydrogens (tertiary/aromatic N) is 2. The molecule has 1 aliphatic carbocycles. The maximum atomic E-state index is 9.62. The molecule has 0 unspecified atom stereocenters. The van der Waals surface area contributed by atoms with Gasteiger partial charge in [-0.15, -0.1) is 0 Å². The number of aromatic nitrogens is 3. The Kier molecular flexibility index (Phi) is 2.67.